The molecule has 1 aromatic rings. The average Bonchev–Trinajstić information content (AvgIpc) is 1.99. The molecule has 0 saturated carbocycles. The van der Waals surface area contributed by atoms with Crippen LogP contribution in [0.25, 0.3) is 0 Å². The molecule has 0 bridgehead atoms. The van der Waals surface area contributed by atoms with Crippen molar-refractivity contribution in [1.29, 1.82) is 0 Å². The summed E-state index contributed by atoms with van der Waals surface area (Å²) >= 11 is 19.0. The summed E-state index contributed by atoms with van der Waals surface area (Å²) < 4.78 is 0.489. The van der Waals surface area contributed by atoms with Gasteiger partial charge in [-0.3, -0.25) is 0 Å². The van der Waals surface area contributed by atoms with Crippen molar-refractivity contribution in [1.82, 2.24) is 0 Å². The van der Waals surface area contributed by atoms with Crippen molar-refractivity contribution in [2.45, 2.75) is 0 Å². The van der Waals surface area contributed by atoms with Gasteiger partial charge in [-0.2, -0.15) is 0 Å². The lowest BCUT2D eigenvalue weighted by atomic mass is 10.2. The van der Waals surface area contributed by atoms with E-state index >= 15 is 0 Å². The van der Waals surface area contributed by atoms with E-state index in [0.717, 1.165) is 0 Å². The second-order valence-electron chi connectivity index (χ2n) is 2.15. The van der Waals surface area contributed by atoms with Crippen LogP contribution in [0, 0.1) is 3.57 Å². The first-order chi connectivity index (χ1) is 5.95. The highest BCUT2D eigenvalue weighted by Gasteiger charge is 2.18. The highest BCUT2D eigenvalue weighted by molar-refractivity contribution is 14.1. The second-order valence-corrected chi connectivity index (χ2v) is 4.42. The monoisotopic (exact) mass is 350 g/mol. The molecule has 0 fully saturated rings. The lowest BCUT2D eigenvalue weighted by molar-refractivity contribution is 0.0697. The van der Waals surface area contributed by atoms with Crippen LogP contribution in [0.1, 0.15) is 10.4 Å². The standard InChI is InChI=1S/C7H2Cl3IO2/c8-2-1-3(9)6(11)5(10)4(2)7(12)13/h1H,(H,12,13). The number of rotatable bonds is 1. The maximum absolute atomic E-state index is 10.7. The van der Waals surface area contributed by atoms with Gasteiger partial charge < -0.3 is 5.11 Å². The van der Waals surface area contributed by atoms with Crippen molar-refractivity contribution in [3.8, 4) is 0 Å². The maximum Gasteiger partial charge on any atom is 0.338 e. The smallest absolute Gasteiger partial charge is 0.338 e. The molecule has 0 aliphatic heterocycles. The summed E-state index contributed by atoms with van der Waals surface area (Å²) in [6, 6.07) is 1.36. The molecule has 0 atom stereocenters. The zero-order valence-electron chi connectivity index (χ0n) is 5.94. The highest BCUT2D eigenvalue weighted by atomic mass is 127. The van der Waals surface area contributed by atoms with Crippen LogP contribution in [-0.4, -0.2) is 11.1 Å². The molecule has 0 aliphatic carbocycles. The van der Waals surface area contributed by atoms with Crippen LogP contribution < -0.4 is 0 Å². The molecule has 0 aromatic heterocycles. The van der Waals surface area contributed by atoms with Gasteiger partial charge in [0, 0.05) is 0 Å². The lowest BCUT2D eigenvalue weighted by Crippen LogP contribution is -2.00. The third kappa shape index (κ3) is 2.21. The van der Waals surface area contributed by atoms with Crippen LogP contribution in [-0.2, 0) is 0 Å². The Morgan fingerprint density at radius 3 is 2.31 bits per heavy atom. The fraction of sp³-hybridized carbons (Fsp3) is 0. The molecule has 0 unspecified atom stereocenters. The van der Waals surface area contributed by atoms with E-state index in [-0.39, 0.29) is 15.6 Å². The Balaban J connectivity index is 3.53. The molecule has 1 N–H and O–H groups in total. The highest BCUT2D eigenvalue weighted by Crippen LogP contribution is 2.34. The third-order valence-corrected chi connectivity index (χ3v) is 4.06. The second kappa shape index (κ2) is 4.21. The third-order valence-electron chi connectivity index (χ3n) is 1.33. The van der Waals surface area contributed by atoms with Gasteiger partial charge in [0.1, 0.15) is 0 Å². The number of hydrogen-bond acceptors (Lipinski definition) is 1. The minimum Gasteiger partial charge on any atom is -0.478 e. The van der Waals surface area contributed by atoms with Crippen LogP contribution in [0.2, 0.25) is 15.1 Å². The Hall–Kier alpha value is 0.290. The lowest BCUT2D eigenvalue weighted by Gasteiger charge is -2.05. The van der Waals surface area contributed by atoms with E-state index in [1.54, 1.807) is 0 Å². The van der Waals surface area contributed by atoms with Crippen LogP contribution in [0.5, 0.6) is 0 Å². The van der Waals surface area contributed by atoms with Crippen LogP contribution >= 0.6 is 57.4 Å². The molecule has 0 spiro atoms. The Labute approximate surface area is 103 Å². The summed E-state index contributed by atoms with van der Waals surface area (Å²) in [5.74, 6) is -1.16. The van der Waals surface area contributed by atoms with E-state index < -0.39 is 5.97 Å². The maximum atomic E-state index is 10.7. The van der Waals surface area contributed by atoms with E-state index in [2.05, 4.69) is 0 Å². The number of carbonyl (C=O) groups is 1. The Morgan fingerprint density at radius 1 is 1.31 bits per heavy atom. The first-order valence-corrected chi connectivity index (χ1v) is 5.22. The molecule has 0 radical (unpaired) electrons. The van der Waals surface area contributed by atoms with Crippen molar-refractivity contribution in [3.63, 3.8) is 0 Å². The van der Waals surface area contributed by atoms with Crippen molar-refractivity contribution in [3.05, 3.63) is 30.3 Å². The van der Waals surface area contributed by atoms with Gasteiger partial charge in [-0.15, -0.1) is 0 Å². The van der Waals surface area contributed by atoms with Crippen molar-refractivity contribution >= 4 is 63.4 Å². The molecular formula is C7H2Cl3IO2. The molecule has 70 valence electrons. The molecule has 1 aromatic carbocycles. The number of hydrogen-bond donors (Lipinski definition) is 1. The van der Waals surface area contributed by atoms with Gasteiger partial charge in [0.2, 0.25) is 0 Å². The molecule has 0 saturated heterocycles. The predicted octanol–water partition coefficient (Wildman–Crippen LogP) is 3.95. The molecule has 0 heterocycles. The van der Waals surface area contributed by atoms with Gasteiger partial charge in [-0.05, 0) is 28.7 Å². The number of halogens is 4. The van der Waals surface area contributed by atoms with Gasteiger partial charge >= 0.3 is 5.97 Å². The number of carboxylic acid groups (broad SMARTS) is 1. The van der Waals surface area contributed by atoms with Gasteiger partial charge in [-0.25, -0.2) is 4.79 Å². The summed E-state index contributed by atoms with van der Waals surface area (Å²) in [7, 11) is 0. The van der Waals surface area contributed by atoms with E-state index in [1.165, 1.54) is 6.07 Å². The average molecular weight is 351 g/mol. The summed E-state index contributed by atoms with van der Waals surface area (Å²) in [5, 5.41) is 9.21. The van der Waals surface area contributed by atoms with Gasteiger partial charge in [0.25, 0.3) is 0 Å². The number of aromatic carboxylic acids is 1. The van der Waals surface area contributed by atoms with E-state index in [0.29, 0.717) is 8.59 Å². The van der Waals surface area contributed by atoms with Crippen LogP contribution in [0.15, 0.2) is 6.07 Å². The van der Waals surface area contributed by atoms with Crippen molar-refractivity contribution < 1.29 is 9.90 Å². The minimum absolute atomic E-state index is 0.0444. The molecule has 0 aliphatic rings. The zero-order chi connectivity index (χ0) is 10.2. The first-order valence-electron chi connectivity index (χ1n) is 3.01. The molecule has 13 heavy (non-hydrogen) atoms. The summed E-state index contributed by atoms with van der Waals surface area (Å²) in [4.78, 5) is 10.7. The van der Waals surface area contributed by atoms with Crippen molar-refractivity contribution in [2.75, 3.05) is 0 Å². The Bertz CT molecular complexity index is 378. The topological polar surface area (TPSA) is 37.3 Å². The Morgan fingerprint density at radius 2 is 1.85 bits per heavy atom. The van der Waals surface area contributed by atoms with Crippen LogP contribution in [0.4, 0.5) is 0 Å². The van der Waals surface area contributed by atoms with Gasteiger partial charge in [-0.1, -0.05) is 34.8 Å². The summed E-state index contributed by atoms with van der Waals surface area (Å²) in [6.07, 6.45) is 0. The molecule has 6 heteroatoms. The largest absolute Gasteiger partial charge is 0.478 e. The molecule has 0 amide bonds. The van der Waals surface area contributed by atoms with Gasteiger partial charge in [0.15, 0.2) is 0 Å². The van der Waals surface area contributed by atoms with E-state index in [1.807, 2.05) is 22.6 Å². The van der Waals surface area contributed by atoms with Crippen molar-refractivity contribution in [2.24, 2.45) is 0 Å². The normalized spacial score (nSPS) is 10.2. The van der Waals surface area contributed by atoms with Gasteiger partial charge in [0.05, 0.1) is 24.2 Å². The zero-order valence-corrected chi connectivity index (χ0v) is 10.4. The van der Waals surface area contributed by atoms with E-state index in [4.69, 9.17) is 39.9 Å². The number of benzene rings is 1. The fourth-order valence-electron chi connectivity index (χ4n) is 0.762. The van der Waals surface area contributed by atoms with Crippen LogP contribution in [0.3, 0.4) is 0 Å². The molecule has 2 nitrogen and oxygen atoms in total. The fourth-order valence-corrected chi connectivity index (χ4v) is 2.11. The minimum atomic E-state index is -1.16. The summed E-state index contributed by atoms with van der Waals surface area (Å²) in [5.41, 5.74) is -0.114. The molecule has 1 rings (SSSR count). The first kappa shape index (κ1) is 11.4. The summed E-state index contributed by atoms with van der Waals surface area (Å²) in [6.45, 7) is 0. The number of carboxylic acids is 1. The quantitative estimate of drug-likeness (QED) is 0.473. The Kier molecular flexibility index (Phi) is 3.68. The predicted molar refractivity (Wildman–Crippen MR) is 61.1 cm³/mol. The SMILES string of the molecule is O=C(O)c1c(Cl)cc(Cl)c(I)c1Cl. The van der Waals surface area contributed by atoms with E-state index in [9.17, 15) is 4.79 Å². The molecular weight excluding hydrogens is 349 g/mol.